The standard InChI is InChI=1S/C29H25N3O7S/c33-27(20-26(28(34)35)31-40(38,39)25-18-16-24(17-19-25)32(36)37)30-29(21-10-4-1-5-11-21,22-12-6-2-7-13-22)23-14-8-3-9-15-23/h1-19,26,31H,20H2,(H,30,33)(H,34,35)/t26-/m0/s1. The van der Waals surface area contributed by atoms with E-state index in [0.29, 0.717) is 16.7 Å². The number of carbonyl (C=O) groups is 2. The lowest BCUT2D eigenvalue weighted by molar-refractivity contribution is -0.384. The van der Waals surface area contributed by atoms with E-state index in [9.17, 15) is 33.2 Å². The van der Waals surface area contributed by atoms with Gasteiger partial charge >= 0.3 is 5.97 Å². The molecular weight excluding hydrogens is 534 g/mol. The number of carboxylic acids is 1. The number of rotatable bonds is 11. The van der Waals surface area contributed by atoms with E-state index >= 15 is 0 Å². The van der Waals surface area contributed by atoms with Crippen molar-refractivity contribution < 1.29 is 28.0 Å². The van der Waals surface area contributed by atoms with Crippen molar-refractivity contribution in [2.45, 2.75) is 22.9 Å². The molecule has 4 aromatic rings. The molecule has 11 heteroatoms. The Balaban J connectivity index is 1.68. The van der Waals surface area contributed by atoms with Crippen molar-refractivity contribution >= 4 is 27.6 Å². The summed E-state index contributed by atoms with van der Waals surface area (Å²) in [6, 6.07) is 29.6. The van der Waals surface area contributed by atoms with E-state index < -0.39 is 44.8 Å². The van der Waals surface area contributed by atoms with E-state index in [-0.39, 0.29) is 10.6 Å². The number of nitrogens with zero attached hydrogens (tertiary/aromatic N) is 1. The van der Waals surface area contributed by atoms with Gasteiger partial charge in [-0.15, -0.1) is 0 Å². The van der Waals surface area contributed by atoms with Crippen LogP contribution in [0.2, 0.25) is 0 Å². The molecule has 1 atom stereocenters. The Morgan fingerprint density at radius 1 is 0.775 bits per heavy atom. The molecule has 0 spiro atoms. The van der Waals surface area contributed by atoms with Gasteiger partial charge in [0.2, 0.25) is 15.9 Å². The van der Waals surface area contributed by atoms with Gasteiger partial charge in [0, 0.05) is 12.1 Å². The Hall–Kier alpha value is -4.87. The van der Waals surface area contributed by atoms with E-state index in [4.69, 9.17) is 0 Å². The van der Waals surface area contributed by atoms with Crippen molar-refractivity contribution in [1.82, 2.24) is 10.0 Å². The molecule has 204 valence electrons. The maximum Gasteiger partial charge on any atom is 0.322 e. The predicted octanol–water partition coefficient (Wildman–Crippen LogP) is 3.82. The summed E-state index contributed by atoms with van der Waals surface area (Å²) in [6.07, 6.45) is -0.726. The van der Waals surface area contributed by atoms with Gasteiger partial charge in [-0.1, -0.05) is 91.0 Å². The Bertz CT molecular complexity index is 1500. The van der Waals surface area contributed by atoms with Crippen LogP contribution in [0.1, 0.15) is 23.1 Å². The molecule has 1 amide bonds. The average molecular weight is 560 g/mol. The second-order valence-electron chi connectivity index (χ2n) is 8.86. The molecule has 4 aromatic carbocycles. The van der Waals surface area contributed by atoms with E-state index in [0.717, 1.165) is 24.3 Å². The van der Waals surface area contributed by atoms with Crippen LogP contribution in [0.5, 0.6) is 0 Å². The van der Waals surface area contributed by atoms with Gasteiger partial charge in [-0.3, -0.25) is 19.7 Å². The highest BCUT2D eigenvalue weighted by Crippen LogP contribution is 2.37. The predicted molar refractivity (Wildman–Crippen MR) is 147 cm³/mol. The number of nitro groups is 1. The Morgan fingerprint density at radius 3 is 1.57 bits per heavy atom. The minimum absolute atomic E-state index is 0.327. The van der Waals surface area contributed by atoms with E-state index in [1.165, 1.54) is 0 Å². The van der Waals surface area contributed by atoms with E-state index in [1.54, 1.807) is 0 Å². The molecule has 0 unspecified atom stereocenters. The van der Waals surface area contributed by atoms with Crippen LogP contribution in [-0.2, 0) is 25.2 Å². The lowest BCUT2D eigenvalue weighted by Crippen LogP contribution is -2.51. The van der Waals surface area contributed by atoms with Crippen molar-refractivity contribution in [3.63, 3.8) is 0 Å². The average Bonchev–Trinajstić information content (AvgIpc) is 2.97. The van der Waals surface area contributed by atoms with Crippen molar-refractivity contribution in [3.8, 4) is 0 Å². The summed E-state index contributed by atoms with van der Waals surface area (Å²) in [4.78, 5) is 35.4. The van der Waals surface area contributed by atoms with E-state index in [1.807, 2.05) is 95.7 Å². The first-order chi connectivity index (χ1) is 19.1. The lowest BCUT2D eigenvalue weighted by atomic mass is 9.77. The van der Waals surface area contributed by atoms with Crippen LogP contribution in [0.15, 0.2) is 120 Å². The number of carbonyl (C=O) groups excluding carboxylic acids is 1. The third-order valence-electron chi connectivity index (χ3n) is 6.29. The lowest BCUT2D eigenvalue weighted by Gasteiger charge is -2.37. The summed E-state index contributed by atoms with van der Waals surface area (Å²) < 4.78 is 27.8. The second kappa shape index (κ2) is 11.9. The molecule has 0 aromatic heterocycles. The van der Waals surface area contributed by atoms with Crippen molar-refractivity contribution in [1.29, 1.82) is 0 Å². The molecule has 0 aliphatic heterocycles. The molecule has 0 aliphatic rings. The highest BCUT2D eigenvalue weighted by Gasteiger charge is 2.39. The maximum absolute atomic E-state index is 13.6. The van der Waals surface area contributed by atoms with Crippen LogP contribution in [0.4, 0.5) is 5.69 Å². The molecule has 0 saturated heterocycles. The van der Waals surface area contributed by atoms with Crippen LogP contribution in [-0.4, -0.2) is 36.4 Å². The number of hydrogen-bond donors (Lipinski definition) is 3. The summed E-state index contributed by atoms with van der Waals surface area (Å²) in [6.45, 7) is 0. The van der Waals surface area contributed by atoms with Gasteiger partial charge in [-0.2, -0.15) is 4.72 Å². The fourth-order valence-electron chi connectivity index (χ4n) is 4.41. The maximum atomic E-state index is 13.6. The zero-order valence-electron chi connectivity index (χ0n) is 21.0. The number of amides is 1. The second-order valence-corrected chi connectivity index (χ2v) is 10.6. The molecule has 0 bridgehead atoms. The number of benzene rings is 4. The van der Waals surface area contributed by atoms with Crippen LogP contribution in [0.25, 0.3) is 0 Å². The summed E-state index contributed by atoms with van der Waals surface area (Å²) in [5.74, 6) is -2.29. The first kappa shape index (κ1) is 28.1. The third kappa shape index (κ3) is 6.06. The van der Waals surface area contributed by atoms with Crippen LogP contribution < -0.4 is 10.0 Å². The third-order valence-corrected chi connectivity index (χ3v) is 7.78. The first-order valence-electron chi connectivity index (χ1n) is 12.1. The molecule has 10 nitrogen and oxygen atoms in total. The number of non-ortho nitro benzene ring substituents is 1. The molecule has 0 heterocycles. The van der Waals surface area contributed by atoms with Gasteiger partial charge < -0.3 is 10.4 Å². The van der Waals surface area contributed by atoms with Gasteiger partial charge in [0.25, 0.3) is 5.69 Å². The number of aliphatic carboxylic acids is 1. The van der Waals surface area contributed by atoms with Gasteiger partial charge in [0.1, 0.15) is 11.6 Å². The summed E-state index contributed by atoms with van der Waals surface area (Å²) in [7, 11) is -4.43. The molecular formula is C29H25N3O7S. The van der Waals surface area contributed by atoms with Crippen molar-refractivity contribution in [2.75, 3.05) is 0 Å². The molecule has 0 fully saturated rings. The normalized spacial score (nSPS) is 12.3. The quantitative estimate of drug-likeness (QED) is 0.143. The van der Waals surface area contributed by atoms with Crippen LogP contribution in [0.3, 0.4) is 0 Å². The zero-order chi connectivity index (χ0) is 28.8. The number of hydrogen-bond acceptors (Lipinski definition) is 6. The van der Waals surface area contributed by atoms with E-state index in [2.05, 4.69) is 5.32 Å². The fourth-order valence-corrected chi connectivity index (χ4v) is 5.60. The Morgan fingerprint density at radius 2 is 1.20 bits per heavy atom. The SMILES string of the molecule is O=C(C[C@H](NS(=O)(=O)c1ccc([N+](=O)[O-])cc1)C(=O)O)NC(c1ccccc1)(c1ccccc1)c1ccccc1. The van der Waals surface area contributed by atoms with Gasteiger partial charge in [-0.25, -0.2) is 8.42 Å². The summed E-state index contributed by atoms with van der Waals surface area (Å²) >= 11 is 0. The van der Waals surface area contributed by atoms with Gasteiger partial charge in [-0.05, 0) is 28.8 Å². The minimum atomic E-state index is -4.43. The molecule has 3 N–H and O–H groups in total. The van der Waals surface area contributed by atoms with Gasteiger partial charge in [0.15, 0.2) is 0 Å². The fraction of sp³-hybridized carbons (Fsp3) is 0.103. The van der Waals surface area contributed by atoms with Crippen molar-refractivity contribution in [3.05, 3.63) is 142 Å². The molecule has 4 rings (SSSR count). The summed E-state index contributed by atoms with van der Waals surface area (Å²) in [5, 5.41) is 23.7. The zero-order valence-corrected chi connectivity index (χ0v) is 21.8. The Kier molecular flexibility index (Phi) is 8.37. The number of sulfonamides is 1. The highest BCUT2D eigenvalue weighted by atomic mass is 32.2. The highest BCUT2D eigenvalue weighted by molar-refractivity contribution is 7.89. The van der Waals surface area contributed by atoms with Crippen molar-refractivity contribution in [2.24, 2.45) is 0 Å². The van der Waals surface area contributed by atoms with Crippen LogP contribution in [0, 0.1) is 10.1 Å². The summed E-state index contributed by atoms with van der Waals surface area (Å²) in [5.41, 5.74) is 0.575. The molecule has 0 aliphatic carbocycles. The minimum Gasteiger partial charge on any atom is -0.480 e. The number of nitrogens with one attached hydrogen (secondary N) is 2. The van der Waals surface area contributed by atoms with Crippen LogP contribution >= 0.6 is 0 Å². The molecule has 40 heavy (non-hydrogen) atoms. The first-order valence-corrected chi connectivity index (χ1v) is 13.6. The Labute approximate surface area is 230 Å². The monoisotopic (exact) mass is 559 g/mol. The number of nitro benzene ring substituents is 1. The van der Waals surface area contributed by atoms with Gasteiger partial charge in [0.05, 0.1) is 16.2 Å². The topological polar surface area (TPSA) is 156 Å². The largest absolute Gasteiger partial charge is 0.480 e. The molecule has 0 saturated carbocycles. The smallest absolute Gasteiger partial charge is 0.322 e. The number of carboxylic acid groups (broad SMARTS) is 1. The molecule has 0 radical (unpaired) electrons.